The van der Waals surface area contributed by atoms with E-state index in [1.165, 1.54) is 28.7 Å². The van der Waals surface area contributed by atoms with Crippen LogP contribution in [-0.4, -0.2) is 28.2 Å². The molecule has 2 heterocycles. The Morgan fingerprint density at radius 2 is 1.94 bits per heavy atom. The Morgan fingerprint density at radius 1 is 1.18 bits per heavy atom. The van der Waals surface area contributed by atoms with Gasteiger partial charge in [0.1, 0.15) is 10.6 Å². The summed E-state index contributed by atoms with van der Waals surface area (Å²) in [7, 11) is 0. The minimum absolute atomic E-state index is 0.115. The van der Waals surface area contributed by atoms with Crippen LogP contribution >= 0.6 is 23.1 Å². The summed E-state index contributed by atoms with van der Waals surface area (Å²) in [6.07, 6.45) is 0. The highest BCUT2D eigenvalue weighted by Gasteiger charge is 2.15. The maximum absolute atomic E-state index is 12.9. The summed E-state index contributed by atoms with van der Waals surface area (Å²) in [4.78, 5) is 33.4. The van der Waals surface area contributed by atoms with Gasteiger partial charge in [-0.1, -0.05) is 62.0 Å². The summed E-state index contributed by atoms with van der Waals surface area (Å²) in [6, 6.07) is 15.6. The van der Waals surface area contributed by atoms with Gasteiger partial charge in [0.15, 0.2) is 5.16 Å². The molecule has 2 N–H and O–H groups in total. The van der Waals surface area contributed by atoms with Crippen molar-refractivity contribution in [3.63, 3.8) is 0 Å². The van der Waals surface area contributed by atoms with Crippen LogP contribution in [0.3, 0.4) is 0 Å². The van der Waals surface area contributed by atoms with E-state index >= 15 is 0 Å². The highest BCUT2D eigenvalue weighted by molar-refractivity contribution is 7.99. The molecule has 0 aliphatic carbocycles. The van der Waals surface area contributed by atoms with Crippen molar-refractivity contribution in [3.8, 4) is 16.9 Å². The van der Waals surface area contributed by atoms with E-state index in [9.17, 15) is 9.59 Å². The van der Waals surface area contributed by atoms with E-state index in [-0.39, 0.29) is 17.2 Å². The van der Waals surface area contributed by atoms with Gasteiger partial charge in [-0.3, -0.25) is 9.59 Å². The van der Waals surface area contributed by atoms with Gasteiger partial charge in [0.25, 0.3) is 5.56 Å². The lowest BCUT2D eigenvalue weighted by molar-refractivity contribution is -0.113. The first-order valence-electron chi connectivity index (χ1n) is 10.7. The lowest BCUT2D eigenvalue weighted by Gasteiger charge is -2.11. The number of amides is 1. The highest BCUT2D eigenvalue weighted by atomic mass is 32.2. The number of thiophene rings is 1. The number of carbonyl (C=O) groups excluding carboxylic acids is 1. The number of para-hydroxylation sites is 2. The van der Waals surface area contributed by atoms with E-state index in [0.717, 1.165) is 11.1 Å². The first kappa shape index (κ1) is 23.1. The Kier molecular flexibility index (Phi) is 7.15. The van der Waals surface area contributed by atoms with Gasteiger partial charge in [-0.15, -0.1) is 11.3 Å². The van der Waals surface area contributed by atoms with Crippen LogP contribution in [-0.2, 0) is 4.79 Å². The summed E-state index contributed by atoms with van der Waals surface area (Å²) < 4.78 is 5.54. The van der Waals surface area contributed by atoms with Crippen molar-refractivity contribution in [2.45, 2.75) is 31.8 Å². The number of hydrogen-bond acceptors (Lipinski definition) is 6. The van der Waals surface area contributed by atoms with Crippen LogP contribution in [0.1, 0.15) is 32.3 Å². The molecule has 170 valence electrons. The molecule has 0 unspecified atom stereocenters. The van der Waals surface area contributed by atoms with Crippen molar-refractivity contribution in [2.24, 2.45) is 0 Å². The van der Waals surface area contributed by atoms with Gasteiger partial charge in [0.05, 0.1) is 23.4 Å². The number of carbonyl (C=O) groups is 1. The molecule has 0 spiro atoms. The third kappa shape index (κ3) is 5.29. The molecule has 0 aliphatic rings. The van der Waals surface area contributed by atoms with Gasteiger partial charge in [-0.05, 0) is 36.1 Å². The second-order valence-corrected chi connectivity index (χ2v) is 9.57. The highest BCUT2D eigenvalue weighted by Crippen LogP contribution is 2.32. The molecule has 0 atom stereocenters. The molecule has 0 fully saturated rings. The standard InChI is InChI=1S/C25H25N3O3S2/c1-4-31-20-8-6-5-7-19(20)26-21(29)14-33-25-27-23(30)22-18(13-32-24(22)28-25)17-11-9-16(10-12-17)15(2)3/h5-13,15H,4,14H2,1-3H3,(H,26,29)(H,27,28,30). The molecular weight excluding hydrogens is 454 g/mol. The van der Waals surface area contributed by atoms with Crippen molar-refractivity contribution in [1.29, 1.82) is 0 Å². The fourth-order valence-electron chi connectivity index (χ4n) is 3.43. The van der Waals surface area contributed by atoms with Crippen LogP contribution in [0.2, 0.25) is 0 Å². The Morgan fingerprint density at radius 3 is 2.67 bits per heavy atom. The van der Waals surface area contributed by atoms with Crippen LogP contribution in [0.15, 0.2) is 63.9 Å². The number of thioether (sulfide) groups is 1. The number of aromatic nitrogens is 2. The third-order valence-electron chi connectivity index (χ3n) is 5.11. The van der Waals surface area contributed by atoms with E-state index in [1.54, 1.807) is 6.07 Å². The van der Waals surface area contributed by atoms with Gasteiger partial charge < -0.3 is 15.0 Å². The largest absolute Gasteiger partial charge is 0.492 e. The molecule has 0 saturated heterocycles. The van der Waals surface area contributed by atoms with E-state index in [2.05, 4.69) is 41.3 Å². The van der Waals surface area contributed by atoms with E-state index in [0.29, 0.717) is 39.3 Å². The maximum Gasteiger partial charge on any atom is 0.260 e. The molecule has 0 bridgehead atoms. The summed E-state index contributed by atoms with van der Waals surface area (Å²) >= 11 is 2.62. The number of aromatic amines is 1. The average molecular weight is 480 g/mol. The summed E-state index contributed by atoms with van der Waals surface area (Å²) in [6.45, 7) is 6.71. The van der Waals surface area contributed by atoms with Crippen molar-refractivity contribution in [3.05, 3.63) is 69.8 Å². The number of nitrogens with zero attached hydrogens (tertiary/aromatic N) is 1. The van der Waals surface area contributed by atoms with Crippen molar-refractivity contribution < 1.29 is 9.53 Å². The zero-order valence-electron chi connectivity index (χ0n) is 18.7. The van der Waals surface area contributed by atoms with Crippen LogP contribution in [0.25, 0.3) is 21.3 Å². The third-order valence-corrected chi connectivity index (χ3v) is 6.86. The molecule has 33 heavy (non-hydrogen) atoms. The zero-order chi connectivity index (χ0) is 23.4. The Bertz CT molecular complexity index is 1330. The average Bonchev–Trinajstić information content (AvgIpc) is 3.24. The molecule has 4 rings (SSSR count). The molecule has 2 aromatic heterocycles. The van der Waals surface area contributed by atoms with E-state index in [1.807, 2.05) is 42.6 Å². The number of rotatable bonds is 8. The van der Waals surface area contributed by atoms with Gasteiger partial charge in [0.2, 0.25) is 5.91 Å². The molecule has 1 amide bonds. The molecule has 2 aromatic carbocycles. The molecule has 4 aromatic rings. The van der Waals surface area contributed by atoms with Crippen molar-refractivity contribution in [2.75, 3.05) is 17.7 Å². The topological polar surface area (TPSA) is 84.1 Å². The number of anilines is 1. The predicted octanol–water partition coefficient (Wildman–Crippen LogP) is 5.90. The minimum Gasteiger partial charge on any atom is -0.492 e. The zero-order valence-corrected chi connectivity index (χ0v) is 20.3. The Labute approximate surface area is 200 Å². The molecule has 0 aliphatic heterocycles. The van der Waals surface area contributed by atoms with Crippen LogP contribution in [0.4, 0.5) is 5.69 Å². The van der Waals surface area contributed by atoms with Crippen LogP contribution in [0.5, 0.6) is 5.75 Å². The number of H-pyrrole nitrogens is 1. The summed E-state index contributed by atoms with van der Waals surface area (Å²) in [5.74, 6) is 0.989. The molecule has 0 radical (unpaired) electrons. The fraction of sp³-hybridized carbons (Fsp3) is 0.240. The van der Waals surface area contributed by atoms with Gasteiger partial charge >= 0.3 is 0 Å². The smallest absolute Gasteiger partial charge is 0.260 e. The Hall–Kier alpha value is -3.10. The number of hydrogen-bond donors (Lipinski definition) is 2. The second-order valence-electron chi connectivity index (χ2n) is 7.74. The lowest BCUT2D eigenvalue weighted by Crippen LogP contribution is -2.16. The predicted molar refractivity (Wildman–Crippen MR) is 137 cm³/mol. The van der Waals surface area contributed by atoms with Crippen molar-refractivity contribution >= 4 is 44.9 Å². The summed E-state index contributed by atoms with van der Waals surface area (Å²) in [5, 5.41) is 5.82. The van der Waals surface area contributed by atoms with Crippen molar-refractivity contribution in [1.82, 2.24) is 9.97 Å². The fourth-order valence-corrected chi connectivity index (χ4v) is 5.10. The number of benzene rings is 2. The van der Waals surface area contributed by atoms with Gasteiger partial charge in [-0.2, -0.15) is 0 Å². The summed E-state index contributed by atoms with van der Waals surface area (Å²) in [5.41, 5.74) is 3.54. The minimum atomic E-state index is -0.202. The molecule has 0 saturated carbocycles. The quantitative estimate of drug-likeness (QED) is 0.243. The number of nitrogens with one attached hydrogen (secondary N) is 2. The normalized spacial score (nSPS) is 11.2. The van der Waals surface area contributed by atoms with E-state index in [4.69, 9.17) is 4.74 Å². The SMILES string of the molecule is CCOc1ccccc1NC(=O)CSc1nc2scc(-c3ccc(C(C)C)cc3)c2c(=O)[nH]1. The van der Waals surface area contributed by atoms with Gasteiger partial charge in [0, 0.05) is 10.9 Å². The van der Waals surface area contributed by atoms with E-state index < -0.39 is 0 Å². The first-order valence-corrected chi connectivity index (χ1v) is 12.6. The maximum atomic E-state index is 12.9. The molecule has 8 heteroatoms. The first-order chi connectivity index (χ1) is 16.0. The molecular formula is C25H25N3O3S2. The molecule has 6 nitrogen and oxygen atoms in total. The monoisotopic (exact) mass is 479 g/mol. The van der Waals surface area contributed by atoms with Crippen LogP contribution < -0.4 is 15.6 Å². The van der Waals surface area contributed by atoms with Gasteiger partial charge in [-0.25, -0.2) is 4.98 Å². The Balaban J connectivity index is 1.49. The lowest BCUT2D eigenvalue weighted by atomic mass is 9.99. The number of fused-ring (bicyclic) bond motifs is 1. The van der Waals surface area contributed by atoms with Crippen LogP contribution in [0, 0.1) is 0 Å². The second kappa shape index (κ2) is 10.2. The number of ether oxygens (including phenoxy) is 1.